The number of aliphatic hydroxyl groups is 3. The van der Waals surface area contributed by atoms with E-state index in [9.17, 15) is 10.2 Å². The lowest BCUT2D eigenvalue weighted by Gasteiger charge is -2.48. The Morgan fingerprint density at radius 1 is 1.25 bits per heavy atom. The molecular weight excluding hydrogens is 212 g/mol. The molecule has 1 spiro atoms. The standard InChI is InChI=1S/C11H20O5/c12-5-3-8-7-9(13)10(14)11(16-8)4-1-2-6-15-11/h8-10,12-14H,1-7H2/t8-,9-,10+,11+/m0/s1. The first-order valence-electron chi connectivity index (χ1n) is 5.97. The van der Waals surface area contributed by atoms with E-state index in [1.807, 2.05) is 0 Å². The summed E-state index contributed by atoms with van der Waals surface area (Å²) >= 11 is 0. The highest BCUT2D eigenvalue weighted by atomic mass is 16.7. The van der Waals surface area contributed by atoms with E-state index in [-0.39, 0.29) is 12.7 Å². The molecule has 3 N–H and O–H groups in total. The molecular formula is C11H20O5. The van der Waals surface area contributed by atoms with Gasteiger partial charge in [0.2, 0.25) is 0 Å². The molecule has 0 radical (unpaired) electrons. The topological polar surface area (TPSA) is 79.2 Å². The first kappa shape index (κ1) is 12.3. The van der Waals surface area contributed by atoms with Crippen molar-refractivity contribution in [1.82, 2.24) is 0 Å². The van der Waals surface area contributed by atoms with Crippen molar-refractivity contribution in [1.29, 1.82) is 0 Å². The number of ether oxygens (including phenoxy) is 2. The molecule has 0 aromatic rings. The Bertz CT molecular complexity index is 226. The molecule has 4 atom stereocenters. The van der Waals surface area contributed by atoms with Gasteiger partial charge in [0.25, 0.3) is 0 Å². The molecule has 2 heterocycles. The third-order valence-corrected chi connectivity index (χ3v) is 3.40. The van der Waals surface area contributed by atoms with Gasteiger partial charge in [0, 0.05) is 19.4 Å². The van der Waals surface area contributed by atoms with Gasteiger partial charge in [-0.25, -0.2) is 0 Å². The fraction of sp³-hybridized carbons (Fsp3) is 1.00. The minimum atomic E-state index is -1.05. The monoisotopic (exact) mass is 232 g/mol. The van der Waals surface area contributed by atoms with Crippen molar-refractivity contribution in [2.75, 3.05) is 13.2 Å². The van der Waals surface area contributed by atoms with Crippen LogP contribution in [0.4, 0.5) is 0 Å². The fourth-order valence-electron chi connectivity index (χ4n) is 2.53. The maximum atomic E-state index is 9.98. The van der Waals surface area contributed by atoms with Gasteiger partial charge in [-0.3, -0.25) is 0 Å². The highest BCUT2D eigenvalue weighted by molar-refractivity contribution is 4.93. The second kappa shape index (κ2) is 4.98. The summed E-state index contributed by atoms with van der Waals surface area (Å²) < 4.78 is 11.3. The van der Waals surface area contributed by atoms with E-state index in [0.717, 1.165) is 12.8 Å². The molecule has 94 valence electrons. The molecule has 0 bridgehead atoms. The molecule has 2 saturated heterocycles. The summed E-state index contributed by atoms with van der Waals surface area (Å²) in [4.78, 5) is 0. The van der Waals surface area contributed by atoms with Gasteiger partial charge in [-0.1, -0.05) is 0 Å². The van der Waals surface area contributed by atoms with Crippen LogP contribution in [0.15, 0.2) is 0 Å². The minimum Gasteiger partial charge on any atom is -0.396 e. The lowest BCUT2D eigenvalue weighted by atomic mass is 9.89. The van der Waals surface area contributed by atoms with Crippen LogP contribution >= 0.6 is 0 Å². The third kappa shape index (κ3) is 2.24. The summed E-state index contributed by atoms with van der Waals surface area (Å²) in [6.07, 6.45) is 1.26. The maximum absolute atomic E-state index is 9.98. The quantitative estimate of drug-likeness (QED) is 0.613. The number of rotatable bonds is 2. The van der Waals surface area contributed by atoms with Gasteiger partial charge >= 0.3 is 0 Å². The molecule has 0 aliphatic carbocycles. The van der Waals surface area contributed by atoms with Crippen molar-refractivity contribution < 1.29 is 24.8 Å². The average Bonchev–Trinajstić information content (AvgIpc) is 2.28. The predicted molar refractivity (Wildman–Crippen MR) is 55.7 cm³/mol. The van der Waals surface area contributed by atoms with Crippen LogP contribution in [0.1, 0.15) is 32.1 Å². The van der Waals surface area contributed by atoms with Gasteiger partial charge in [0.1, 0.15) is 6.10 Å². The van der Waals surface area contributed by atoms with Gasteiger partial charge in [0.15, 0.2) is 5.79 Å². The van der Waals surface area contributed by atoms with Gasteiger partial charge in [-0.15, -0.1) is 0 Å². The Morgan fingerprint density at radius 3 is 2.69 bits per heavy atom. The van der Waals surface area contributed by atoms with Crippen LogP contribution in [-0.4, -0.2) is 52.6 Å². The number of aliphatic hydroxyl groups excluding tert-OH is 3. The van der Waals surface area contributed by atoms with E-state index in [4.69, 9.17) is 14.6 Å². The summed E-state index contributed by atoms with van der Waals surface area (Å²) in [6.45, 7) is 0.569. The molecule has 0 saturated carbocycles. The van der Waals surface area contributed by atoms with Gasteiger partial charge < -0.3 is 24.8 Å². The van der Waals surface area contributed by atoms with Crippen molar-refractivity contribution >= 4 is 0 Å². The Labute approximate surface area is 95.0 Å². The zero-order chi connectivity index (χ0) is 11.6. The van der Waals surface area contributed by atoms with Crippen molar-refractivity contribution in [2.24, 2.45) is 0 Å². The molecule has 2 rings (SSSR count). The normalized spacial score (nSPS) is 44.8. The highest BCUT2D eigenvalue weighted by Crippen LogP contribution is 2.38. The van der Waals surface area contributed by atoms with E-state index in [1.54, 1.807) is 0 Å². The van der Waals surface area contributed by atoms with Gasteiger partial charge in [-0.05, 0) is 19.3 Å². The first-order chi connectivity index (χ1) is 7.68. The molecule has 0 aromatic carbocycles. The lowest BCUT2D eigenvalue weighted by molar-refractivity contribution is -0.352. The van der Waals surface area contributed by atoms with Crippen LogP contribution in [-0.2, 0) is 9.47 Å². The molecule has 0 unspecified atom stereocenters. The van der Waals surface area contributed by atoms with Crippen LogP contribution in [0, 0.1) is 0 Å². The van der Waals surface area contributed by atoms with Crippen molar-refractivity contribution in [3.63, 3.8) is 0 Å². The maximum Gasteiger partial charge on any atom is 0.197 e. The zero-order valence-electron chi connectivity index (χ0n) is 9.34. The summed E-state index contributed by atoms with van der Waals surface area (Å²) in [6, 6.07) is 0. The van der Waals surface area contributed by atoms with Crippen LogP contribution in [0.5, 0.6) is 0 Å². The lowest BCUT2D eigenvalue weighted by Crippen LogP contribution is -2.60. The second-order valence-corrected chi connectivity index (χ2v) is 4.62. The summed E-state index contributed by atoms with van der Waals surface area (Å²) in [5.74, 6) is -1.05. The summed E-state index contributed by atoms with van der Waals surface area (Å²) in [5.41, 5.74) is 0. The summed E-state index contributed by atoms with van der Waals surface area (Å²) in [7, 11) is 0. The van der Waals surface area contributed by atoms with Crippen molar-refractivity contribution in [2.45, 2.75) is 56.2 Å². The van der Waals surface area contributed by atoms with Crippen LogP contribution in [0.3, 0.4) is 0 Å². The highest BCUT2D eigenvalue weighted by Gasteiger charge is 2.50. The Kier molecular flexibility index (Phi) is 3.81. The number of hydrogen-bond acceptors (Lipinski definition) is 5. The smallest absolute Gasteiger partial charge is 0.197 e. The summed E-state index contributed by atoms with van der Waals surface area (Å²) in [5, 5.41) is 28.7. The molecule has 0 amide bonds. The zero-order valence-corrected chi connectivity index (χ0v) is 9.34. The van der Waals surface area contributed by atoms with E-state index < -0.39 is 18.0 Å². The van der Waals surface area contributed by atoms with Crippen molar-refractivity contribution in [3.05, 3.63) is 0 Å². The average molecular weight is 232 g/mol. The van der Waals surface area contributed by atoms with Crippen molar-refractivity contribution in [3.8, 4) is 0 Å². The van der Waals surface area contributed by atoms with Gasteiger partial charge in [0.05, 0.1) is 18.8 Å². The molecule has 2 fully saturated rings. The molecule has 5 nitrogen and oxygen atoms in total. The Morgan fingerprint density at radius 2 is 2.06 bits per heavy atom. The van der Waals surface area contributed by atoms with E-state index in [1.165, 1.54) is 0 Å². The molecule has 5 heteroatoms. The second-order valence-electron chi connectivity index (χ2n) is 4.62. The largest absolute Gasteiger partial charge is 0.396 e. The van der Waals surface area contributed by atoms with Crippen LogP contribution < -0.4 is 0 Å². The molecule has 2 aliphatic heterocycles. The minimum absolute atomic E-state index is 0.0174. The SMILES string of the molecule is OCC[C@H]1C[C@H](O)[C@@H](O)[C@@]2(CCCCO2)O1. The molecule has 2 aliphatic rings. The van der Waals surface area contributed by atoms with E-state index >= 15 is 0 Å². The number of hydrogen-bond donors (Lipinski definition) is 3. The van der Waals surface area contributed by atoms with Crippen LogP contribution in [0.2, 0.25) is 0 Å². The first-order valence-corrected chi connectivity index (χ1v) is 5.97. The predicted octanol–water partition coefficient (Wildman–Crippen LogP) is -0.224. The van der Waals surface area contributed by atoms with E-state index in [0.29, 0.717) is 25.9 Å². The fourth-order valence-corrected chi connectivity index (χ4v) is 2.53. The Hall–Kier alpha value is -0.200. The molecule has 16 heavy (non-hydrogen) atoms. The van der Waals surface area contributed by atoms with Gasteiger partial charge in [-0.2, -0.15) is 0 Å². The third-order valence-electron chi connectivity index (χ3n) is 3.40. The Balaban J connectivity index is 2.08. The van der Waals surface area contributed by atoms with E-state index in [2.05, 4.69) is 0 Å². The van der Waals surface area contributed by atoms with Crippen LogP contribution in [0.25, 0.3) is 0 Å². The molecule has 0 aromatic heterocycles.